The summed E-state index contributed by atoms with van der Waals surface area (Å²) in [6, 6.07) is 4.69. The van der Waals surface area contributed by atoms with Crippen LogP contribution in [0.3, 0.4) is 0 Å². The summed E-state index contributed by atoms with van der Waals surface area (Å²) in [5, 5.41) is 11.4. The first-order valence-corrected chi connectivity index (χ1v) is 9.84. The third-order valence-electron chi connectivity index (χ3n) is 5.21. The quantitative estimate of drug-likeness (QED) is 0.699. The van der Waals surface area contributed by atoms with Crippen LogP contribution in [0.25, 0.3) is 0 Å². The summed E-state index contributed by atoms with van der Waals surface area (Å²) in [6.45, 7) is 4.99. The van der Waals surface area contributed by atoms with E-state index < -0.39 is 6.04 Å². The molecule has 10 heteroatoms. The molecule has 30 heavy (non-hydrogen) atoms. The number of nitrogens with one attached hydrogen (secondary N) is 1. The molecule has 1 aliphatic rings. The van der Waals surface area contributed by atoms with Gasteiger partial charge in [-0.15, -0.1) is 0 Å². The lowest BCUT2D eigenvalue weighted by molar-refractivity contribution is 0.0619. The van der Waals surface area contributed by atoms with Gasteiger partial charge in [0.25, 0.3) is 11.8 Å². The molecular weight excluding hydrogens is 384 g/mol. The van der Waals surface area contributed by atoms with Crippen molar-refractivity contribution in [1.82, 2.24) is 39.7 Å². The maximum atomic E-state index is 13.3. The number of hydrogen-bond acceptors (Lipinski definition) is 6. The number of aromatic nitrogens is 6. The number of aromatic amines is 1. The molecule has 0 radical (unpaired) electrons. The molecule has 4 rings (SSSR count). The zero-order valence-electron chi connectivity index (χ0n) is 17.2. The van der Waals surface area contributed by atoms with Crippen LogP contribution in [0.4, 0.5) is 0 Å². The van der Waals surface area contributed by atoms with Crippen molar-refractivity contribution in [3.8, 4) is 0 Å². The molecule has 0 aliphatic carbocycles. The highest BCUT2D eigenvalue weighted by molar-refractivity contribution is 5.95. The number of aryl methyl sites for hydroxylation is 3. The summed E-state index contributed by atoms with van der Waals surface area (Å²) < 4.78 is 1.59. The van der Waals surface area contributed by atoms with E-state index in [9.17, 15) is 9.59 Å². The zero-order chi connectivity index (χ0) is 21.3. The molecule has 1 N–H and O–H groups in total. The Labute approximate surface area is 173 Å². The minimum absolute atomic E-state index is 0.117. The summed E-state index contributed by atoms with van der Waals surface area (Å²) in [4.78, 5) is 38.4. The fourth-order valence-corrected chi connectivity index (χ4v) is 3.78. The predicted octanol–water partition coefficient (Wildman–Crippen LogP) is 1.28. The number of hydrogen-bond donors (Lipinski definition) is 1. The summed E-state index contributed by atoms with van der Waals surface area (Å²) in [5.74, 6) is 0.908. The monoisotopic (exact) mass is 408 g/mol. The van der Waals surface area contributed by atoms with E-state index in [1.807, 2.05) is 13.8 Å². The molecule has 1 saturated heterocycles. The van der Waals surface area contributed by atoms with Gasteiger partial charge in [-0.25, -0.2) is 4.98 Å². The fourth-order valence-electron chi connectivity index (χ4n) is 3.78. The minimum Gasteiger partial charge on any atom is -0.335 e. The number of H-pyrrole nitrogens is 1. The van der Waals surface area contributed by atoms with Crippen molar-refractivity contribution in [2.75, 3.05) is 19.6 Å². The Bertz CT molecular complexity index is 1060. The Hall–Kier alpha value is -3.56. The summed E-state index contributed by atoms with van der Waals surface area (Å²) >= 11 is 0. The number of rotatable bonds is 3. The Morgan fingerprint density at radius 3 is 2.53 bits per heavy atom. The van der Waals surface area contributed by atoms with Gasteiger partial charge in [0.05, 0.1) is 5.69 Å². The highest BCUT2D eigenvalue weighted by atomic mass is 16.2. The van der Waals surface area contributed by atoms with Gasteiger partial charge < -0.3 is 9.80 Å². The van der Waals surface area contributed by atoms with Gasteiger partial charge in [0.2, 0.25) is 0 Å². The van der Waals surface area contributed by atoms with Crippen LogP contribution >= 0.6 is 0 Å². The van der Waals surface area contributed by atoms with Gasteiger partial charge in [-0.1, -0.05) is 0 Å². The van der Waals surface area contributed by atoms with E-state index in [-0.39, 0.29) is 11.8 Å². The third kappa shape index (κ3) is 3.80. The average Bonchev–Trinajstić information content (AvgIpc) is 3.24. The topological polar surface area (TPSA) is 113 Å². The van der Waals surface area contributed by atoms with Crippen molar-refractivity contribution in [2.24, 2.45) is 7.05 Å². The van der Waals surface area contributed by atoms with Crippen LogP contribution < -0.4 is 0 Å². The van der Waals surface area contributed by atoms with Crippen LogP contribution in [-0.4, -0.2) is 71.2 Å². The smallest absolute Gasteiger partial charge is 0.272 e. The second-order valence-electron chi connectivity index (χ2n) is 7.43. The molecule has 3 aromatic heterocycles. The van der Waals surface area contributed by atoms with Crippen molar-refractivity contribution < 1.29 is 9.59 Å². The molecule has 1 fully saturated rings. The molecule has 0 spiro atoms. The number of nitrogens with zero attached hydrogens (tertiary/aromatic N) is 7. The Balaban J connectivity index is 1.67. The minimum atomic E-state index is -0.462. The van der Waals surface area contributed by atoms with E-state index in [0.717, 1.165) is 5.69 Å². The van der Waals surface area contributed by atoms with E-state index in [1.165, 1.54) is 0 Å². The maximum Gasteiger partial charge on any atom is 0.272 e. The molecule has 0 bridgehead atoms. The molecule has 2 amide bonds. The second kappa shape index (κ2) is 8.05. The van der Waals surface area contributed by atoms with Gasteiger partial charge >= 0.3 is 0 Å². The van der Waals surface area contributed by atoms with Crippen LogP contribution in [0, 0.1) is 13.8 Å². The lowest BCUT2D eigenvalue weighted by atomic mass is 10.1. The molecule has 1 atom stereocenters. The third-order valence-corrected chi connectivity index (χ3v) is 5.21. The number of carbonyl (C=O) groups excluding carboxylic acids is 2. The van der Waals surface area contributed by atoms with Crippen molar-refractivity contribution >= 4 is 11.8 Å². The number of amides is 2. The fraction of sp³-hybridized carbons (Fsp3) is 0.400. The molecule has 156 valence electrons. The van der Waals surface area contributed by atoms with Crippen molar-refractivity contribution in [3.05, 3.63) is 59.2 Å². The molecule has 1 unspecified atom stereocenters. The van der Waals surface area contributed by atoms with Crippen LogP contribution in [0.5, 0.6) is 0 Å². The standard InChI is InChI=1S/C20H24N8O2/c1-13-11-16(26(3)25-13)20(30)27-9-4-10-28(19(29)15-5-7-21-8-6-15)17(12-27)18-22-14(2)23-24-18/h5-8,11,17H,4,9-10,12H2,1-3H3,(H,22,23,24). The van der Waals surface area contributed by atoms with Crippen molar-refractivity contribution in [3.63, 3.8) is 0 Å². The molecule has 10 nitrogen and oxygen atoms in total. The van der Waals surface area contributed by atoms with E-state index in [1.54, 1.807) is 52.1 Å². The van der Waals surface area contributed by atoms with Gasteiger partial charge in [0, 0.05) is 44.6 Å². The van der Waals surface area contributed by atoms with E-state index in [0.29, 0.717) is 49.0 Å². The van der Waals surface area contributed by atoms with E-state index in [4.69, 9.17) is 0 Å². The first-order chi connectivity index (χ1) is 14.4. The molecular formula is C20H24N8O2. The lowest BCUT2D eigenvalue weighted by Gasteiger charge is -2.30. The molecule has 0 aromatic carbocycles. The second-order valence-corrected chi connectivity index (χ2v) is 7.43. The van der Waals surface area contributed by atoms with Crippen molar-refractivity contribution in [1.29, 1.82) is 0 Å². The summed E-state index contributed by atoms with van der Waals surface area (Å²) in [7, 11) is 1.76. The van der Waals surface area contributed by atoms with Crippen LogP contribution in [-0.2, 0) is 7.05 Å². The Morgan fingerprint density at radius 2 is 1.90 bits per heavy atom. The first kappa shape index (κ1) is 19.7. The summed E-state index contributed by atoms with van der Waals surface area (Å²) in [6.07, 6.45) is 3.84. The number of carbonyl (C=O) groups is 2. The maximum absolute atomic E-state index is 13.3. The van der Waals surface area contributed by atoms with Gasteiger partial charge in [-0.2, -0.15) is 10.2 Å². The average molecular weight is 408 g/mol. The zero-order valence-corrected chi connectivity index (χ0v) is 17.2. The molecule has 3 aromatic rings. The van der Waals surface area contributed by atoms with Crippen molar-refractivity contribution in [2.45, 2.75) is 26.3 Å². The largest absolute Gasteiger partial charge is 0.335 e. The van der Waals surface area contributed by atoms with Gasteiger partial charge in [0.1, 0.15) is 17.6 Å². The molecule has 0 saturated carbocycles. The highest BCUT2D eigenvalue weighted by Crippen LogP contribution is 2.26. The highest BCUT2D eigenvalue weighted by Gasteiger charge is 2.35. The Kier molecular flexibility index (Phi) is 5.30. The lowest BCUT2D eigenvalue weighted by Crippen LogP contribution is -2.41. The molecule has 4 heterocycles. The first-order valence-electron chi connectivity index (χ1n) is 9.84. The SMILES string of the molecule is Cc1cc(C(=O)N2CCCN(C(=O)c3ccncc3)C(c3n[nH]c(C)n3)C2)n(C)n1. The van der Waals surface area contributed by atoms with Gasteiger partial charge in [0.15, 0.2) is 5.82 Å². The normalized spacial score (nSPS) is 17.1. The van der Waals surface area contributed by atoms with Crippen LogP contribution in [0.2, 0.25) is 0 Å². The van der Waals surface area contributed by atoms with Gasteiger partial charge in [-0.05, 0) is 38.5 Å². The van der Waals surface area contributed by atoms with Crippen LogP contribution in [0.15, 0.2) is 30.6 Å². The van der Waals surface area contributed by atoms with Crippen LogP contribution in [0.1, 0.15) is 50.7 Å². The van der Waals surface area contributed by atoms with Gasteiger partial charge in [-0.3, -0.25) is 24.4 Å². The predicted molar refractivity (Wildman–Crippen MR) is 108 cm³/mol. The molecule has 1 aliphatic heterocycles. The van der Waals surface area contributed by atoms with E-state index >= 15 is 0 Å². The van der Waals surface area contributed by atoms with E-state index in [2.05, 4.69) is 25.3 Å². The summed E-state index contributed by atoms with van der Waals surface area (Å²) in [5.41, 5.74) is 1.85. The Morgan fingerprint density at radius 1 is 1.13 bits per heavy atom. The number of pyridine rings is 1.